The molecule has 0 heterocycles. The maximum atomic E-state index is 11.2. The molecule has 6 heteroatoms. The molecule has 1 aromatic rings. The Hall–Kier alpha value is -0.460. The summed E-state index contributed by atoms with van der Waals surface area (Å²) in [6.45, 7) is 0. The molecule has 0 saturated heterocycles. The fourth-order valence-corrected chi connectivity index (χ4v) is 1.66. The summed E-state index contributed by atoms with van der Waals surface area (Å²) in [5.41, 5.74) is 0.888. The van der Waals surface area contributed by atoms with Crippen molar-refractivity contribution in [1.29, 1.82) is 0 Å². The van der Waals surface area contributed by atoms with Crippen LogP contribution in [0.5, 0.6) is 5.75 Å². The summed E-state index contributed by atoms with van der Waals surface area (Å²) in [7, 11) is 1.51. The molecule has 0 aliphatic heterocycles. The first kappa shape index (κ1) is 11.6. The van der Waals surface area contributed by atoms with Crippen LogP contribution in [0.15, 0.2) is 18.2 Å². The van der Waals surface area contributed by atoms with Crippen LogP contribution in [0.1, 0.15) is 10.4 Å². The summed E-state index contributed by atoms with van der Waals surface area (Å²) >= 11 is 11.8. The van der Waals surface area contributed by atoms with E-state index in [1.165, 1.54) is 10.8 Å². The van der Waals surface area contributed by atoms with Crippen molar-refractivity contribution < 1.29 is 9.53 Å². The van der Waals surface area contributed by atoms with Gasteiger partial charge in [0.1, 0.15) is 11.4 Å². The van der Waals surface area contributed by atoms with Crippen LogP contribution in [0.25, 0.3) is 0 Å². The smallest absolute Gasteiger partial charge is 0.218 e. The van der Waals surface area contributed by atoms with Crippen LogP contribution in [0, 0.1) is 0 Å². The number of carbonyl (C=O) groups excluding carboxylic acids is 1. The van der Waals surface area contributed by atoms with E-state index in [1.807, 2.05) is 0 Å². The number of benzene rings is 1. The lowest BCUT2D eigenvalue weighted by Gasteiger charge is -2.16. The van der Waals surface area contributed by atoms with E-state index in [0.717, 1.165) is 0 Å². The summed E-state index contributed by atoms with van der Waals surface area (Å²) in [6, 6.07) is 5.05. The van der Waals surface area contributed by atoms with E-state index in [1.54, 1.807) is 18.2 Å². The average molecular weight is 247 g/mol. The second-order valence-electron chi connectivity index (χ2n) is 2.45. The second kappa shape index (κ2) is 4.86. The number of para-hydroxylation sites is 1. The highest BCUT2D eigenvalue weighted by Gasteiger charge is 2.15. The van der Waals surface area contributed by atoms with Gasteiger partial charge in [0.15, 0.2) is 0 Å². The summed E-state index contributed by atoms with van der Waals surface area (Å²) in [6.07, 6.45) is 0. The molecular weight excluding hydrogens is 238 g/mol. The zero-order valence-corrected chi connectivity index (χ0v) is 10.0. The lowest BCUT2D eigenvalue weighted by molar-refractivity contribution is 0.109. The molecule has 0 fully saturated rings. The molecule has 76 valence electrons. The van der Waals surface area contributed by atoms with Gasteiger partial charge in [-0.2, -0.15) is 0 Å². The van der Waals surface area contributed by atoms with E-state index < -0.39 is 0 Å². The van der Waals surface area contributed by atoms with E-state index in [9.17, 15) is 4.79 Å². The molecule has 0 saturated carbocycles. The third-order valence-corrected chi connectivity index (χ3v) is 2.29. The van der Waals surface area contributed by atoms with Gasteiger partial charge in [-0.1, -0.05) is 31.7 Å². The number of methoxy groups -OCH3 is 1. The molecule has 3 nitrogen and oxygen atoms in total. The first-order valence-electron chi connectivity index (χ1n) is 3.66. The second-order valence-corrected chi connectivity index (χ2v) is 3.97. The molecule has 0 aliphatic rings. The third-order valence-electron chi connectivity index (χ3n) is 1.65. The number of rotatable bonds is 3. The Morgan fingerprint density at radius 1 is 1.43 bits per heavy atom. The minimum atomic E-state index is -0.355. The van der Waals surface area contributed by atoms with Gasteiger partial charge in [0.05, 0.1) is 12.7 Å². The van der Waals surface area contributed by atoms with Gasteiger partial charge in [0.2, 0.25) is 5.12 Å². The minimum absolute atomic E-state index is 0.355. The molecular formula is C8H9NO2S3. The predicted molar refractivity (Wildman–Crippen MR) is 66.8 cm³/mol. The number of nitrogens with zero attached hydrogens (tertiary/aromatic N) is 1. The Kier molecular flexibility index (Phi) is 4.03. The van der Waals surface area contributed by atoms with Crippen LogP contribution < -0.4 is 8.45 Å². The number of anilines is 1. The number of hydrogen-bond acceptors (Lipinski definition) is 5. The maximum Gasteiger partial charge on any atom is 0.218 e. The normalized spacial score (nSPS) is 9.71. The molecule has 1 rings (SSSR count). The van der Waals surface area contributed by atoms with Crippen molar-refractivity contribution in [1.82, 2.24) is 0 Å². The van der Waals surface area contributed by atoms with Crippen LogP contribution >= 0.6 is 38.3 Å². The molecule has 0 unspecified atom stereocenters. The van der Waals surface area contributed by atoms with E-state index in [2.05, 4.69) is 38.3 Å². The number of ether oxygens (including phenoxy) is 1. The number of carbonyl (C=O) groups is 1. The molecule has 1 aromatic carbocycles. The van der Waals surface area contributed by atoms with E-state index in [0.29, 0.717) is 17.0 Å². The zero-order chi connectivity index (χ0) is 10.7. The van der Waals surface area contributed by atoms with Crippen LogP contribution in [-0.4, -0.2) is 12.2 Å². The van der Waals surface area contributed by atoms with Gasteiger partial charge in [-0.3, -0.25) is 8.51 Å². The van der Waals surface area contributed by atoms with Crippen LogP contribution in [-0.2, 0) is 0 Å². The van der Waals surface area contributed by atoms with Crippen molar-refractivity contribution in [2.45, 2.75) is 0 Å². The SMILES string of the molecule is COc1cccc(C(=O)S)c1N(S)S. The van der Waals surface area contributed by atoms with Gasteiger partial charge in [-0.05, 0) is 12.1 Å². The summed E-state index contributed by atoms with van der Waals surface area (Å²) in [5.74, 6) is 0.523. The monoisotopic (exact) mass is 247 g/mol. The van der Waals surface area contributed by atoms with Crippen LogP contribution in [0.4, 0.5) is 5.69 Å². The Labute approximate surface area is 98.9 Å². The van der Waals surface area contributed by atoms with Crippen LogP contribution in [0.3, 0.4) is 0 Å². The highest BCUT2D eigenvalue weighted by molar-refractivity contribution is 8.00. The third kappa shape index (κ3) is 2.31. The van der Waals surface area contributed by atoms with Crippen molar-refractivity contribution in [2.24, 2.45) is 0 Å². The topological polar surface area (TPSA) is 29.5 Å². The van der Waals surface area contributed by atoms with Gasteiger partial charge in [-0.25, -0.2) is 0 Å². The van der Waals surface area contributed by atoms with Crippen molar-refractivity contribution >= 4 is 49.1 Å². The Morgan fingerprint density at radius 2 is 2.07 bits per heavy atom. The summed E-state index contributed by atoms with van der Waals surface area (Å²) < 4.78 is 6.30. The largest absolute Gasteiger partial charge is 0.494 e. The molecule has 14 heavy (non-hydrogen) atoms. The quantitative estimate of drug-likeness (QED) is 0.716. The molecule has 0 spiro atoms. The van der Waals surface area contributed by atoms with Crippen LogP contribution in [0.2, 0.25) is 0 Å². The molecule has 0 N–H and O–H groups in total. The molecule has 0 radical (unpaired) electrons. The molecule has 0 amide bonds. The zero-order valence-electron chi connectivity index (χ0n) is 7.34. The van der Waals surface area contributed by atoms with E-state index in [4.69, 9.17) is 4.74 Å². The van der Waals surface area contributed by atoms with Crippen molar-refractivity contribution in [2.75, 3.05) is 10.8 Å². The predicted octanol–water partition coefficient (Wildman–Crippen LogP) is 2.26. The fraction of sp³-hybridized carbons (Fsp3) is 0.125. The van der Waals surface area contributed by atoms with Gasteiger partial charge >= 0.3 is 0 Å². The summed E-state index contributed by atoms with van der Waals surface area (Å²) in [4.78, 5) is 11.2. The van der Waals surface area contributed by atoms with Gasteiger partial charge in [0.25, 0.3) is 0 Å². The summed E-state index contributed by atoms with van der Waals surface area (Å²) in [5, 5.41) is -0.355. The maximum absolute atomic E-state index is 11.2. The molecule has 0 bridgehead atoms. The standard InChI is InChI=1S/C8H9NO2S3/c1-11-6-4-2-3-5(8(10)12)7(6)9(13)14/h2-4,13-14H,1H3,(H,10,12). The lowest BCUT2D eigenvalue weighted by atomic mass is 10.2. The highest BCUT2D eigenvalue weighted by atomic mass is 32.2. The Bertz CT molecular complexity index is 354. The Balaban J connectivity index is 3.35. The first-order valence-corrected chi connectivity index (χ1v) is 4.90. The van der Waals surface area contributed by atoms with Gasteiger partial charge in [-0.15, -0.1) is 12.6 Å². The van der Waals surface area contributed by atoms with Gasteiger partial charge < -0.3 is 4.74 Å². The first-order chi connectivity index (χ1) is 6.57. The molecule has 0 atom stereocenters. The van der Waals surface area contributed by atoms with E-state index >= 15 is 0 Å². The molecule has 0 aliphatic carbocycles. The van der Waals surface area contributed by atoms with Crippen molar-refractivity contribution in [3.05, 3.63) is 23.8 Å². The minimum Gasteiger partial charge on any atom is -0.494 e. The molecule has 0 aromatic heterocycles. The van der Waals surface area contributed by atoms with Crippen molar-refractivity contribution in [3.63, 3.8) is 0 Å². The van der Waals surface area contributed by atoms with Gasteiger partial charge in [0, 0.05) is 0 Å². The Morgan fingerprint density at radius 3 is 2.50 bits per heavy atom. The number of hydrogen-bond donors (Lipinski definition) is 3. The highest BCUT2D eigenvalue weighted by Crippen LogP contribution is 2.34. The van der Waals surface area contributed by atoms with E-state index in [-0.39, 0.29) is 5.12 Å². The number of thiol groups is 3. The average Bonchev–Trinajstić information content (AvgIpc) is 2.16. The fourth-order valence-electron chi connectivity index (χ4n) is 1.07. The van der Waals surface area contributed by atoms with Crippen molar-refractivity contribution in [3.8, 4) is 5.75 Å². The lowest BCUT2D eigenvalue weighted by Crippen LogP contribution is -2.03.